The number of anilines is 1. The standard InChI is InChI=1S/C15H21N7O/c1-12(14(23)20-15-17-5-3-6-18-15)21-7-2-4-13(8-21)9-22-11-16-10-19-22/h3,5-6,10-13H,2,4,7-9H2,1H3,(H,17,18,20,23)/t12-,13+/m1/s1. The van der Waals surface area contributed by atoms with Crippen LogP contribution >= 0.6 is 0 Å². The number of piperidine rings is 1. The van der Waals surface area contributed by atoms with Crippen molar-refractivity contribution in [1.29, 1.82) is 0 Å². The molecule has 2 aromatic heterocycles. The van der Waals surface area contributed by atoms with E-state index in [2.05, 4.69) is 30.3 Å². The summed E-state index contributed by atoms with van der Waals surface area (Å²) in [5, 5.41) is 6.93. The van der Waals surface area contributed by atoms with Crippen LogP contribution in [0.5, 0.6) is 0 Å². The molecule has 3 rings (SSSR count). The first-order valence-electron chi connectivity index (χ1n) is 7.86. The van der Waals surface area contributed by atoms with E-state index in [1.165, 1.54) is 0 Å². The summed E-state index contributed by atoms with van der Waals surface area (Å²) in [6.07, 6.45) is 8.74. The maximum Gasteiger partial charge on any atom is 0.243 e. The first-order valence-corrected chi connectivity index (χ1v) is 7.86. The Balaban J connectivity index is 1.55. The lowest BCUT2D eigenvalue weighted by molar-refractivity contribution is -0.121. The molecule has 1 amide bonds. The minimum atomic E-state index is -0.211. The quantitative estimate of drug-likeness (QED) is 0.878. The zero-order chi connectivity index (χ0) is 16.1. The third-order valence-electron chi connectivity index (χ3n) is 4.19. The Kier molecular flexibility index (Phi) is 4.92. The lowest BCUT2D eigenvalue weighted by Crippen LogP contribution is -2.47. The number of hydrogen-bond donors (Lipinski definition) is 1. The first-order chi connectivity index (χ1) is 11.2. The number of nitrogens with one attached hydrogen (secondary N) is 1. The van der Waals surface area contributed by atoms with E-state index >= 15 is 0 Å². The fraction of sp³-hybridized carbons (Fsp3) is 0.533. The van der Waals surface area contributed by atoms with Crippen molar-refractivity contribution < 1.29 is 4.79 Å². The summed E-state index contributed by atoms with van der Waals surface area (Å²) in [6.45, 7) is 4.57. The smallest absolute Gasteiger partial charge is 0.243 e. The molecule has 8 heteroatoms. The van der Waals surface area contributed by atoms with E-state index in [-0.39, 0.29) is 11.9 Å². The predicted octanol–water partition coefficient (Wildman–Crippen LogP) is 0.807. The number of amides is 1. The van der Waals surface area contributed by atoms with Gasteiger partial charge in [0.2, 0.25) is 11.9 Å². The molecule has 1 aliphatic rings. The van der Waals surface area contributed by atoms with E-state index in [1.807, 2.05) is 11.6 Å². The van der Waals surface area contributed by atoms with Crippen molar-refractivity contribution in [2.45, 2.75) is 32.4 Å². The lowest BCUT2D eigenvalue weighted by atomic mass is 9.96. The van der Waals surface area contributed by atoms with E-state index < -0.39 is 0 Å². The van der Waals surface area contributed by atoms with Crippen LogP contribution in [-0.4, -0.2) is 54.7 Å². The van der Waals surface area contributed by atoms with E-state index in [4.69, 9.17) is 0 Å². The summed E-state index contributed by atoms with van der Waals surface area (Å²) < 4.78 is 1.86. The van der Waals surface area contributed by atoms with E-state index in [0.29, 0.717) is 11.9 Å². The van der Waals surface area contributed by atoms with Crippen LogP contribution in [0.15, 0.2) is 31.1 Å². The van der Waals surface area contributed by atoms with E-state index in [0.717, 1.165) is 32.5 Å². The van der Waals surface area contributed by atoms with Crippen LogP contribution < -0.4 is 5.32 Å². The van der Waals surface area contributed by atoms with E-state index in [9.17, 15) is 4.79 Å². The Morgan fingerprint density at radius 3 is 3.00 bits per heavy atom. The van der Waals surface area contributed by atoms with Crippen molar-refractivity contribution in [2.24, 2.45) is 5.92 Å². The molecule has 0 unspecified atom stereocenters. The zero-order valence-corrected chi connectivity index (χ0v) is 13.2. The van der Waals surface area contributed by atoms with Crippen LogP contribution in [0.3, 0.4) is 0 Å². The van der Waals surface area contributed by atoms with Gasteiger partial charge < -0.3 is 0 Å². The minimum absolute atomic E-state index is 0.0717. The normalized spacial score (nSPS) is 20.1. The van der Waals surface area contributed by atoms with Crippen LogP contribution in [0.4, 0.5) is 5.95 Å². The van der Waals surface area contributed by atoms with E-state index in [1.54, 1.807) is 31.1 Å². The highest BCUT2D eigenvalue weighted by molar-refractivity contribution is 5.93. The van der Waals surface area contributed by atoms with Gasteiger partial charge in [0.1, 0.15) is 12.7 Å². The predicted molar refractivity (Wildman–Crippen MR) is 84.4 cm³/mol. The summed E-state index contributed by atoms with van der Waals surface area (Å²) in [4.78, 5) is 26.6. The summed E-state index contributed by atoms with van der Waals surface area (Å²) in [5.74, 6) is 0.756. The van der Waals surface area contributed by atoms with Gasteiger partial charge in [-0.1, -0.05) is 0 Å². The zero-order valence-electron chi connectivity index (χ0n) is 13.2. The maximum absolute atomic E-state index is 12.4. The second-order valence-corrected chi connectivity index (χ2v) is 5.86. The molecular formula is C15H21N7O. The van der Waals surface area contributed by atoms with Crippen LogP contribution in [0, 0.1) is 5.92 Å². The number of rotatable bonds is 5. The molecule has 2 atom stereocenters. The monoisotopic (exact) mass is 315 g/mol. The van der Waals surface area contributed by atoms with Crippen molar-refractivity contribution in [1.82, 2.24) is 29.6 Å². The molecule has 3 heterocycles. The van der Waals surface area contributed by atoms with Crippen LogP contribution in [0.2, 0.25) is 0 Å². The number of hydrogen-bond acceptors (Lipinski definition) is 6. The molecule has 23 heavy (non-hydrogen) atoms. The van der Waals surface area contributed by atoms with Gasteiger partial charge in [-0.25, -0.2) is 15.0 Å². The molecule has 1 saturated heterocycles. The molecule has 0 aliphatic carbocycles. The summed E-state index contributed by atoms with van der Waals surface area (Å²) in [5.41, 5.74) is 0. The molecule has 0 radical (unpaired) electrons. The lowest BCUT2D eigenvalue weighted by Gasteiger charge is -2.35. The summed E-state index contributed by atoms with van der Waals surface area (Å²) >= 11 is 0. The van der Waals surface area contributed by atoms with Crippen molar-refractivity contribution >= 4 is 11.9 Å². The Labute approximate surface area is 135 Å². The molecule has 0 aromatic carbocycles. The van der Waals surface area contributed by atoms with Gasteiger partial charge in [0.15, 0.2) is 0 Å². The third kappa shape index (κ3) is 4.10. The number of nitrogens with zero attached hydrogens (tertiary/aromatic N) is 6. The molecule has 0 bridgehead atoms. The third-order valence-corrected chi connectivity index (χ3v) is 4.19. The highest BCUT2D eigenvalue weighted by atomic mass is 16.2. The van der Waals surface area contributed by atoms with Gasteiger partial charge in [0.25, 0.3) is 0 Å². The molecular weight excluding hydrogens is 294 g/mol. The maximum atomic E-state index is 12.4. The van der Waals surface area contributed by atoms with Gasteiger partial charge in [-0.2, -0.15) is 5.10 Å². The number of aromatic nitrogens is 5. The fourth-order valence-corrected chi connectivity index (χ4v) is 2.93. The SMILES string of the molecule is C[C@H](C(=O)Nc1ncccn1)N1CCC[C@H](Cn2cncn2)C1. The minimum Gasteiger partial charge on any atom is -0.293 e. The summed E-state index contributed by atoms with van der Waals surface area (Å²) in [6, 6.07) is 1.51. The van der Waals surface area contributed by atoms with Gasteiger partial charge >= 0.3 is 0 Å². The van der Waals surface area contributed by atoms with Gasteiger partial charge in [-0.15, -0.1) is 0 Å². The molecule has 122 valence electrons. The topological polar surface area (TPSA) is 88.8 Å². The van der Waals surface area contributed by atoms with Crippen molar-refractivity contribution in [3.05, 3.63) is 31.1 Å². The summed E-state index contributed by atoms with van der Waals surface area (Å²) in [7, 11) is 0. The van der Waals surface area contributed by atoms with Gasteiger partial charge in [0.05, 0.1) is 6.04 Å². The fourth-order valence-electron chi connectivity index (χ4n) is 2.93. The number of likely N-dealkylation sites (tertiary alicyclic amines) is 1. The van der Waals surface area contributed by atoms with Gasteiger partial charge in [-0.05, 0) is 38.3 Å². The Bertz CT molecular complexity index is 616. The molecule has 1 fully saturated rings. The largest absolute Gasteiger partial charge is 0.293 e. The van der Waals surface area contributed by atoms with Crippen LogP contribution in [-0.2, 0) is 11.3 Å². The molecule has 1 N–H and O–H groups in total. The molecule has 0 saturated carbocycles. The second kappa shape index (κ2) is 7.28. The second-order valence-electron chi connectivity index (χ2n) is 5.86. The van der Waals surface area contributed by atoms with Crippen LogP contribution in [0.1, 0.15) is 19.8 Å². The van der Waals surface area contributed by atoms with Crippen molar-refractivity contribution in [3.63, 3.8) is 0 Å². The highest BCUT2D eigenvalue weighted by Crippen LogP contribution is 2.20. The van der Waals surface area contributed by atoms with Gasteiger partial charge in [-0.3, -0.25) is 19.7 Å². The Morgan fingerprint density at radius 1 is 1.43 bits per heavy atom. The first kappa shape index (κ1) is 15.5. The van der Waals surface area contributed by atoms with Crippen molar-refractivity contribution in [2.75, 3.05) is 18.4 Å². The van der Waals surface area contributed by atoms with Crippen LogP contribution in [0.25, 0.3) is 0 Å². The highest BCUT2D eigenvalue weighted by Gasteiger charge is 2.28. The molecule has 0 spiro atoms. The molecule has 2 aromatic rings. The Morgan fingerprint density at radius 2 is 2.26 bits per heavy atom. The average Bonchev–Trinajstić information content (AvgIpc) is 3.08. The Hall–Kier alpha value is -2.35. The molecule has 8 nitrogen and oxygen atoms in total. The molecule has 1 aliphatic heterocycles. The number of carbonyl (C=O) groups excluding carboxylic acids is 1. The van der Waals surface area contributed by atoms with Crippen molar-refractivity contribution in [3.8, 4) is 0 Å². The number of carbonyl (C=O) groups is 1. The average molecular weight is 315 g/mol. The van der Waals surface area contributed by atoms with Gasteiger partial charge in [0, 0.05) is 25.5 Å².